The van der Waals surface area contributed by atoms with Crippen LogP contribution in [0.25, 0.3) is 0 Å². The summed E-state index contributed by atoms with van der Waals surface area (Å²) in [5, 5.41) is 0. The van der Waals surface area contributed by atoms with Crippen LogP contribution >= 0.6 is 18.1 Å². The van der Waals surface area contributed by atoms with Crippen LogP contribution in [-0.2, 0) is 13.8 Å². The zero-order valence-electron chi connectivity index (χ0n) is 7.56. The van der Waals surface area contributed by atoms with Crippen LogP contribution in [-0.4, -0.2) is 36.8 Å². The van der Waals surface area contributed by atoms with Crippen molar-refractivity contribution in [2.75, 3.05) is 26.0 Å². The third-order valence-electron chi connectivity index (χ3n) is 1.56. The van der Waals surface area contributed by atoms with E-state index >= 15 is 0 Å². The third-order valence-corrected chi connectivity index (χ3v) is 5.85. The average Bonchev–Trinajstić information content (AvgIpc) is 2.52. The molecule has 1 atom stereocenters. The summed E-state index contributed by atoms with van der Waals surface area (Å²) in [5.41, 5.74) is 0. The molecule has 0 radical (unpaired) electrons. The fraction of sp³-hybridized carbons (Fsp3) is 0.833. The second kappa shape index (κ2) is 4.35. The van der Waals surface area contributed by atoms with E-state index in [9.17, 15) is 9.36 Å². The van der Waals surface area contributed by atoms with Gasteiger partial charge in [0, 0.05) is 0 Å². The van der Waals surface area contributed by atoms with Crippen LogP contribution in [0, 0.1) is 0 Å². The van der Waals surface area contributed by atoms with E-state index in [0.717, 1.165) is 11.4 Å². The average molecular weight is 225 g/mol. The van der Waals surface area contributed by atoms with Crippen LogP contribution in [0.4, 0.5) is 4.79 Å². The fourth-order valence-electron chi connectivity index (χ4n) is 0.992. The smallest absolute Gasteiger partial charge is 0.417 e. The maximum atomic E-state index is 12.0. The van der Waals surface area contributed by atoms with Gasteiger partial charge in [-0.05, 0) is 13.2 Å². The first kappa shape index (κ1) is 10.9. The Bertz CT molecular complexity index is 247. The lowest BCUT2D eigenvalue weighted by atomic mass is 10.7. The van der Waals surface area contributed by atoms with Gasteiger partial charge < -0.3 is 9.26 Å². The van der Waals surface area contributed by atoms with Crippen molar-refractivity contribution in [3.8, 4) is 0 Å². The highest BCUT2D eigenvalue weighted by molar-refractivity contribution is 8.55. The van der Waals surface area contributed by atoms with Crippen molar-refractivity contribution in [2.24, 2.45) is 0 Å². The highest BCUT2D eigenvalue weighted by Crippen LogP contribution is 2.61. The van der Waals surface area contributed by atoms with Crippen molar-refractivity contribution in [2.45, 2.75) is 6.92 Å². The predicted octanol–water partition coefficient (Wildman–Crippen LogP) is 1.95. The van der Waals surface area contributed by atoms with Gasteiger partial charge in [-0.15, -0.1) is 0 Å². The van der Waals surface area contributed by atoms with Crippen molar-refractivity contribution in [1.82, 2.24) is 4.67 Å². The molecule has 1 unspecified atom stereocenters. The molecule has 1 fully saturated rings. The molecule has 0 aromatic carbocycles. The van der Waals surface area contributed by atoms with Gasteiger partial charge in [-0.1, -0.05) is 11.4 Å². The minimum Gasteiger partial charge on any atom is -0.447 e. The van der Waals surface area contributed by atoms with Crippen molar-refractivity contribution in [1.29, 1.82) is 0 Å². The maximum Gasteiger partial charge on any atom is 0.417 e. The molecule has 0 saturated carbocycles. The van der Waals surface area contributed by atoms with E-state index in [1.165, 1.54) is 4.67 Å². The van der Waals surface area contributed by atoms with Crippen molar-refractivity contribution < 1.29 is 18.6 Å². The van der Waals surface area contributed by atoms with Gasteiger partial charge in [0.05, 0.1) is 13.2 Å². The molecule has 1 amide bonds. The number of rotatable bonds is 4. The summed E-state index contributed by atoms with van der Waals surface area (Å²) in [4.78, 5) is 11.1. The van der Waals surface area contributed by atoms with Crippen LogP contribution in [0.1, 0.15) is 6.92 Å². The Morgan fingerprint density at radius 1 is 1.77 bits per heavy atom. The number of carbonyl (C=O) groups is 1. The van der Waals surface area contributed by atoms with E-state index in [0.29, 0.717) is 13.2 Å². The largest absolute Gasteiger partial charge is 0.447 e. The predicted molar refractivity (Wildman–Crippen MR) is 50.8 cm³/mol. The SMILES string of the molecule is CCOP(=O)(SC)N1CCOC1=O. The molecular weight excluding hydrogens is 213 g/mol. The monoisotopic (exact) mass is 225 g/mol. The molecule has 13 heavy (non-hydrogen) atoms. The summed E-state index contributed by atoms with van der Waals surface area (Å²) < 4.78 is 22.9. The van der Waals surface area contributed by atoms with Gasteiger partial charge in [0.1, 0.15) is 6.61 Å². The Balaban J connectivity index is 2.75. The van der Waals surface area contributed by atoms with Gasteiger partial charge in [0.25, 0.3) is 0 Å². The lowest BCUT2D eigenvalue weighted by Gasteiger charge is -2.22. The van der Waals surface area contributed by atoms with E-state index in [1.54, 1.807) is 13.2 Å². The van der Waals surface area contributed by atoms with Gasteiger partial charge >= 0.3 is 12.8 Å². The molecule has 0 spiro atoms. The Morgan fingerprint density at radius 2 is 2.46 bits per heavy atom. The minimum absolute atomic E-state index is 0.288. The van der Waals surface area contributed by atoms with Gasteiger partial charge in [-0.3, -0.25) is 4.57 Å². The number of hydrogen-bond donors (Lipinski definition) is 0. The van der Waals surface area contributed by atoms with Gasteiger partial charge in [-0.2, -0.15) is 0 Å². The molecule has 76 valence electrons. The molecule has 7 heteroatoms. The fourth-order valence-corrected chi connectivity index (χ4v) is 4.01. The van der Waals surface area contributed by atoms with E-state index in [4.69, 9.17) is 4.52 Å². The van der Waals surface area contributed by atoms with Gasteiger partial charge in [-0.25, -0.2) is 9.46 Å². The number of carbonyl (C=O) groups excluding carboxylic acids is 1. The van der Waals surface area contributed by atoms with Crippen LogP contribution in [0.5, 0.6) is 0 Å². The first-order valence-corrected chi connectivity index (χ1v) is 7.30. The third kappa shape index (κ3) is 2.18. The summed E-state index contributed by atoms with van der Waals surface area (Å²) in [7, 11) is 0. The molecule has 0 bridgehead atoms. The Labute approximate surface area is 81.0 Å². The highest BCUT2D eigenvalue weighted by atomic mass is 32.7. The standard InChI is InChI=1S/C6H12NO4PS/c1-3-11-12(9,13-2)7-4-5-10-6(7)8/h3-5H2,1-2H3. The number of ether oxygens (including phenoxy) is 1. The summed E-state index contributed by atoms with van der Waals surface area (Å²) >= 11 is 1.06. The molecule has 1 saturated heterocycles. The van der Waals surface area contributed by atoms with E-state index < -0.39 is 12.8 Å². The summed E-state index contributed by atoms with van der Waals surface area (Å²) in [6.07, 6.45) is 1.10. The Kier molecular flexibility index (Phi) is 3.64. The molecule has 1 rings (SSSR count). The van der Waals surface area contributed by atoms with Crippen molar-refractivity contribution in [3.05, 3.63) is 0 Å². The lowest BCUT2D eigenvalue weighted by molar-refractivity contribution is 0.167. The number of cyclic esters (lactones) is 1. The molecule has 1 heterocycles. The second-order valence-corrected chi connectivity index (χ2v) is 6.83. The molecule has 5 nitrogen and oxygen atoms in total. The zero-order chi connectivity index (χ0) is 9.90. The highest BCUT2D eigenvalue weighted by Gasteiger charge is 2.39. The summed E-state index contributed by atoms with van der Waals surface area (Å²) in [6.45, 7) is -0.335. The first-order valence-electron chi connectivity index (χ1n) is 3.89. The zero-order valence-corrected chi connectivity index (χ0v) is 9.27. The number of amides is 1. The molecule has 1 aliphatic heterocycles. The molecule has 0 N–H and O–H groups in total. The molecule has 1 aliphatic rings. The first-order chi connectivity index (χ1) is 6.14. The van der Waals surface area contributed by atoms with Crippen molar-refractivity contribution in [3.63, 3.8) is 0 Å². The Morgan fingerprint density at radius 3 is 2.85 bits per heavy atom. The quantitative estimate of drug-likeness (QED) is 0.684. The Hall–Kier alpha value is -0.190. The minimum atomic E-state index is -3.03. The van der Waals surface area contributed by atoms with Crippen LogP contribution < -0.4 is 0 Å². The van der Waals surface area contributed by atoms with Gasteiger partial charge in [0.2, 0.25) is 0 Å². The molecule has 0 aromatic heterocycles. The number of hydrogen-bond acceptors (Lipinski definition) is 5. The molecule has 0 aromatic rings. The van der Waals surface area contributed by atoms with Gasteiger partial charge in [0.15, 0.2) is 0 Å². The molecular formula is C6H12NO4PS. The summed E-state index contributed by atoms with van der Waals surface area (Å²) in [6, 6.07) is 0. The van der Waals surface area contributed by atoms with Crippen molar-refractivity contribution >= 4 is 24.2 Å². The summed E-state index contributed by atoms with van der Waals surface area (Å²) in [5.74, 6) is 0. The second-order valence-electron chi connectivity index (χ2n) is 2.31. The normalized spacial score (nSPS) is 21.4. The molecule has 0 aliphatic carbocycles. The topological polar surface area (TPSA) is 55.8 Å². The van der Waals surface area contributed by atoms with Crippen LogP contribution in [0.3, 0.4) is 0 Å². The van der Waals surface area contributed by atoms with Crippen LogP contribution in [0.2, 0.25) is 0 Å². The van der Waals surface area contributed by atoms with E-state index in [2.05, 4.69) is 4.74 Å². The number of nitrogens with zero attached hydrogens (tertiary/aromatic N) is 1. The lowest BCUT2D eigenvalue weighted by Crippen LogP contribution is -2.20. The van der Waals surface area contributed by atoms with E-state index in [1.807, 2.05) is 0 Å². The maximum absolute atomic E-state index is 12.0. The van der Waals surface area contributed by atoms with Crippen LogP contribution in [0.15, 0.2) is 0 Å². The van der Waals surface area contributed by atoms with E-state index in [-0.39, 0.29) is 6.61 Å².